The lowest BCUT2D eigenvalue weighted by Crippen LogP contribution is -2.04. The Labute approximate surface area is 168 Å². The average Bonchev–Trinajstić information content (AvgIpc) is 3.03. The van der Waals surface area contributed by atoms with Gasteiger partial charge in [-0.05, 0) is 52.0 Å². The van der Waals surface area contributed by atoms with Crippen molar-refractivity contribution in [3.8, 4) is 5.75 Å². The number of aryl methyl sites for hydroxylation is 1. The predicted molar refractivity (Wildman–Crippen MR) is 111 cm³/mol. The van der Waals surface area contributed by atoms with Crippen molar-refractivity contribution in [3.05, 3.63) is 58.5 Å². The predicted octanol–water partition coefficient (Wildman–Crippen LogP) is 6.55. The standard InChI is InChI=1S/C20H22ClNO4S/c1-5-24-20(23)27-19(16-9-11-25-14(16)4)22-15-6-7-17(21)18(12-15)26-10-8-13(2)3/h6-9,11-12H,5,10H2,1-4H3. The number of hydrogen-bond acceptors (Lipinski definition) is 6. The molecule has 0 N–H and O–H groups in total. The molecule has 5 nitrogen and oxygen atoms in total. The van der Waals surface area contributed by atoms with E-state index in [2.05, 4.69) is 4.99 Å². The first kappa shape index (κ1) is 21.1. The molecule has 0 saturated heterocycles. The number of thioether (sulfide) groups is 1. The second-order valence-corrected chi connectivity index (χ2v) is 7.13. The van der Waals surface area contributed by atoms with Crippen molar-refractivity contribution < 1.29 is 18.7 Å². The summed E-state index contributed by atoms with van der Waals surface area (Å²) in [4.78, 5) is 16.5. The number of hydrogen-bond donors (Lipinski definition) is 0. The van der Waals surface area contributed by atoms with Gasteiger partial charge >= 0.3 is 5.30 Å². The molecule has 7 heteroatoms. The van der Waals surface area contributed by atoms with Gasteiger partial charge in [0.1, 0.15) is 23.2 Å². The first-order valence-electron chi connectivity index (χ1n) is 8.44. The van der Waals surface area contributed by atoms with E-state index in [1.165, 1.54) is 0 Å². The molecule has 0 fully saturated rings. The van der Waals surface area contributed by atoms with Gasteiger partial charge in [-0.1, -0.05) is 17.2 Å². The molecule has 27 heavy (non-hydrogen) atoms. The Morgan fingerprint density at radius 1 is 1.33 bits per heavy atom. The summed E-state index contributed by atoms with van der Waals surface area (Å²) < 4.78 is 16.1. The molecule has 1 aromatic carbocycles. The minimum Gasteiger partial charge on any atom is -0.488 e. The largest absolute Gasteiger partial charge is 0.488 e. The van der Waals surface area contributed by atoms with Crippen LogP contribution in [0.1, 0.15) is 32.1 Å². The highest BCUT2D eigenvalue weighted by Gasteiger charge is 2.16. The fraction of sp³-hybridized carbons (Fsp3) is 0.300. The average molecular weight is 408 g/mol. The number of allylic oxidation sites excluding steroid dienone is 1. The number of carbonyl (C=O) groups excluding carboxylic acids is 1. The summed E-state index contributed by atoms with van der Waals surface area (Å²) in [6.07, 6.45) is 3.52. The highest BCUT2D eigenvalue weighted by molar-refractivity contribution is 8.26. The van der Waals surface area contributed by atoms with E-state index >= 15 is 0 Å². The number of aliphatic imine (C=N–C) groups is 1. The number of halogens is 1. The Balaban J connectivity index is 2.33. The molecule has 1 heterocycles. The van der Waals surface area contributed by atoms with Crippen molar-refractivity contribution in [2.75, 3.05) is 13.2 Å². The van der Waals surface area contributed by atoms with Gasteiger partial charge in [0.2, 0.25) is 0 Å². The Morgan fingerprint density at radius 2 is 2.11 bits per heavy atom. The number of benzene rings is 1. The Morgan fingerprint density at radius 3 is 2.74 bits per heavy atom. The zero-order valence-electron chi connectivity index (χ0n) is 15.7. The van der Waals surface area contributed by atoms with Crippen LogP contribution >= 0.6 is 23.4 Å². The van der Waals surface area contributed by atoms with Crippen LogP contribution in [0.3, 0.4) is 0 Å². The van der Waals surface area contributed by atoms with E-state index in [0.717, 1.165) is 22.9 Å². The maximum absolute atomic E-state index is 12.0. The van der Waals surface area contributed by atoms with Crippen molar-refractivity contribution in [1.82, 2.24) is 0 Å². The van der Waals surface area contributed by atoms with Crippen molar-refractivity contribution >= 4 is 39.4 Å². The summed E-state index contributed by atoms with van der Waals surface area (Å²) in [6, 6.07) is 6.98. The van der Waals surface area contributed by atoms with E-state index in [0.29, 0.717) is 40.5 Å². The van der Waals surface area contributed by atoms with Gasteiger partial charge in [0, 0.05) is 23.4 Å². The maximum Gasteiger partial charge on any atom is 0.373 e. The summed E-state index contributed by atoms with van der Waals surface area (Å²) in [7, 11) is 0. The molecule has 0 amide bonds. The lowest BCUT2D eigenvalue weighted by Gasteiger charge is -2.09. The number of nitrogens with zero attached hydrogens (tertiary/aromatic N) is 1. The van der Waals surface area contributed by atoms with Crippen LogP contribution in [0.25, 0.3) is 0 Å². The Hall–Kier alpha value is -2.18. The van der Waals surface area contributed by atoms with Crippen LogP contribution in [0, 0.1) is 6.92 Å². The van der Waals surface area contributed by atoms with Crippen LogP contribution in [0.4, 0.5) is 10.5 Å². The van der Waals surface area contributed by atoms with E-state index in [-0.39, 0.29) is 0 Å². The molecule has 2 aromatic rings. The third kappa shape index (κ3) is 6.48. The molecular formula is C20H22ClNO4S. The summed E-state index contributed by atoms with van der Waals surface area (Å²) in [6.45, 7) is 8.28. The third-order valence-electron chi connectivity index (χ3n) is 3.41. The van der Waals surface area contributed by atoms with Gasteiger partial charge in [-0.25, -0.2) is 9.79 Å². The smallest absolute Gasteiger partial charge is 0.373 e. The van der Waals surface area contributed by atoms with Crippen LogP contribution in [-0.2, 0) is 4.74 Å². The topological polar surface area (TPSA) is 61.0 Å². The molecule has 1 aromatic heterocycles. The van der Waals surface area contributed by atoms with Gasteiger partial charge in [-0.15, -0.1) is 0 Å². The van der Waals surface area contributed by atoms with E-state index in [4.69, 9.17) is 25.5 Å². The molecule has 0 atom stereocenters. The second kappa shape index (κ2) is 10.2. The van der Waals surface area contributed by atoms with Crippen LogP contribution < -0.4 is 4.74 Å². The van der Waals surface area contributed by atoms with Gasteiger partial charge in [-0.2, -0.15) is 0 Å². The van der Waals surface area contributed by atoms with Gasteiger partial charge in [0.05, 0.1) is 23.6 Å². The monoisotopic (exact) mass is 407 g/mol. The molecule has 0 aliphatic carbocycles. The van der Waals surface area contributed by atoms with Crippen molar-refractivity contribution in [1.29, 1.82) is 0 Å². The zero-order chi connectivity index (χ0) is 19.8. The Bertz CT molecular complexity index is 853. The van der Waals surface area contributed by atoms with E-state index in [1.54, 1.807) is 37.5 Å². The molecule has 0 unspecified atom stereocenters. The normalized spacial score (nSPS) is 11.2. The number of carbonyl (C=O) groups is 1. The lowest BCUT2D eigenvalue weighted by atomic mass is 10.2. The SMILES string of the molecule is CCOC(=O)SC(=Nc1ccc(Cl)c(OCC=C(C)C)c1)c1ccoc1C. The highest BCUT2D eigenvalue weighted by Crippen LogP contribution is 2.31. The molecular weight excluding hydrogens is 386 g/mol. The van der Waals surface area contributed by atoms with Gasteiger partial charge in [0.25, 0.3) is 0 Å². The number of rotatable bonds is 6. The lowest BCUT2D eigenvalue weighted by molar-refractivity contribution is 0.182. The van der Waals surface area contributed by atoms with Crippen molar-refractivity contribution in [2.24, 2.45) is 4.99 Å². The molecule has 2 rings (SSSR count). The number of ether oxygens (including phenoxy) is 2. The molecule has 0 aliphatic heterocycles. The summed E-state index contributed by atoms with van der Waals surface area (Å²) >= 11 is 7.12. The molecule has 0 radical (unpaired) electrons. The highest BCUT2D eigenvalue weighted by atomic mass is 35.5. The van der Waals surface area contributed by atoms with Crippen LogP contribution in [0.2, 0.25) is 5.02 Å². The third-order valence-corrected chi connectivity index (χ3v) is 4.51. The Kier molecular flexibility index (Phi) is 8.00. The molecule has 0 aliphatic rings. The van der Waals surface area contributed by atoms with E-state index < -0.39 is 5.30 Å². The summed E-state index contributed by atoms with van der Waals surface area (Å²) in [5.41, 5.74) is 2.50. The summed E-state index contributed by atoms with van der Waals surface area (Å²) in [5, 5.41) is 0.554. The van der Waals surface area contributed by atoms with Crippen molar-refractivity contribution in [3.63, 3.8) is 0 Å². The molecule has 144 valence electrons. The molecule has 0 spiro atoms. The van der Waals surface area contributed by atoms with Crippen molar-refractivity contribution in [2.45, 2.75) is 27.7 Å². The van der Waals surface area contributed by atoms with Gasteiger partial charge in [-0.3, -0.25) is 0 Å². The van der Waals surface area contributed by atoms with Gasteiger partial charge in [0.15, 0.2) is 0 Å². The molecule has 0 saturated carbocycles. The maximum atomic E-state index is 12.0. The first-order chi connectivity index (χ1) is 12.9. The van der Waals surface area contributed by atoms with E-state index in [9.17, 15) is 4.79 Å². The zero-order valence-corrected chi connectivity index (χ0v) is 17.3. The van der Waals surface area contributed by atoms with E-state index in [1.807, 2.05) is 26.8 Å². The van der Waals surface area contributed by atoms with Crippen LogP contribution in [-0.4, -0.2) is 23.6 Å². The van der Waals surface area contributed by atoms with Crippen LogP contribution in [0.15, 0.2) is 51.6 Å². The fourth-order valence-electron chi connectivity index (χ4n) is 2.06. The quantitative estimate of drug-likeness (QED) is 0.235. The number of furan rings is 1. The molecule has 0 bridgehead atoms. The fourth-order valence-corrected chi connectivity index (χ4v) is 3.04. The minimum atomic E-state index is -0.425. The first-order valence-corrected chi connectivity index (χ1v) is 9.63. The minimum absolute atomic E-state index is 0.298. The van der Waals surface area contributed by atoms with Gasteiger partial charge < -0.3 is 13.9 Å². The summed E-state index contributed by atoms with van der Waals surface area (Å²) in [5.74, 6) is 1.19. The van der Waals surface area contributed by atoms with Crippen LogP contribution in [0.5, 0.6) is 5.75 Å². The second-order valence-electron chi connectivity index (χ2n) is 5.80.